The maximum Gasteiger partial charge on any atom is 0.326 e. The van der Waals surface area contributed by atoms with E-state index >= 15 is 0 Å². The van der Waals surface area contributed by atoms with Crippen molar-refractivity contribution in [2.24, 2.45) is 11.7 Å². The lowest BCUT2D eigenvalue weighted by Gasteiger charge is -2.16. The Morgan fingerprint density at radius 3 is 2.65 bits per heavy atom. The summed E-state index contributed by atoms with van der Waals surface area (Å²) in [6.45, 7) is 1.32. The highest BCUT2D eigenvalue weighted by Crippen LogP contribution is 2.08. The number of hydrogen-bond donors (Lipinski definition) is 4. The molecule has 0 aromatic carbocycles. The predicted octanol–water partition coefficient (Wildman–Crippen LogP) is -1.57. The molecule has 2 amide bonds. The van der Waals surface area contributed by atoms with E-state index in [-0.39, 0.29) is 24.7 Å². The monoisotopic (exact) mass is 243 g/mol. The molecule has 7 heteroatoms. The molecule has 1 heterocycles. The van der Waals surface area contributed by atoms with E-state index in [9.17, 15) is 14.4 Å². The number of primary amides is 1. The van der Waals surface area contributed by atoms with E-state index in [1.54, 1.807) is 0 Å². The predicted molar refractivity (Wildman–Crippen MR) is 59.0 cm³/mol. The van der Waals surface area contributed by atoms with E-state index in [2.05, 4.69) is 10.6 Å². The highest BCUT2D eigenvalue weighted by atomic mass is 16.4. The average molecular weight is 243 g/mol. The summed E-state index contributed by atoms with van der Waals surface area (Å²) >= 11 is 0. The quantitative estimate of drug-likeness (QED) is 0.449. The molecule has 0 aromatic heterocycles. The van der Waals surface area contributed by atoms with Gasteiger partial charge in [0.05, 0.1) is 5.92 Å². The van der Waals surface area contributed by atoms with Gasteiger partial charge in [0.1, 0.15) is 6.04 Å². The van der Waals surface area contributed by atoms with E-state index in [4.69, 9.17) is 10.8 Å². The van der Waals surface area contributed by atoms with Gasteiger partial charge in [-0.15, -0.1) is 0 Å². The average Bonchev–Trinajstić information content (AvgIpc) is 2.76. The van der Waals surface area contributed by atoms with Crippen LogP contribution in [-0.4, -0.2) is 42.0 Å². The van der Waals surface area contributed by atoms with E-state index in [0.717, 1.165) is 6.54 Å². The summed E-state index contributed by atoms with van der Waals surface area (Å²) in [5, 5.41) is 14.3. The zero-order valence-electron chi connectivity index (χ0n) is 9.44. The molecule has 1 saturated heterocycles. The van der Waals surface area contributed by atoms with Crippen molar-refractivity contribution in [3.63, 3.8) is 0 Å². The molecule has 0 spiro atoms. The van der Waals surface area contributed by atoms with Gasteiger partial charge in [-0.2, -0.15) is 0 Å². The smallest absolute Gasteiger partial charge is 0.326 e. The van der Waals surface area contributed by atoms with E-state index in [1.165, 1.54) is 0 Å². The van der Waals surface area contributed by atoms with Crippen molar-refractivity contribution in [1.29, 1.82) is 0 Å². The molecule has 0 aliphatic carbocycles. The lowest BCUT2D eigenvalue weighted by molar-refractivity contribution is -0.142. The maximum absolute atomic E-state index is 11.7. The maximum atomic E-state index is 11.7. The summed E-state index contributed by atoms with van der Waals surface area (Å²) in [4.78, 5) is 33.1. The Kier molecular flexibility index (Phi) is 4.89. The Morgan fingerprint density at radius 2 is 2.18 bits per heavy atom. The molecule has 7 nitrogen and oxygen atoms in total. The minimum absolute atomic E-state index is 0.0244. The van der Waals surface area contributed by atoms with Gasteiger partial charge < -0.3 is 21.5 Å². The molecule has 17 heavy (non-hydrogen) atoms. The van der Waals surface area contributed by atoms with Crippen LogP contribution in [0.4, 0.5) is 0 Å². The summed E-state index contributed by atoms with van der Waals surface area (Å²) < 4.78 is 0. The number of hydrogen-bond acceptors (Lipinski definition) is 4. The van der Waals surface area contributed by atoms with Crippen LogP contribution in [-0.2, 0) is 14.4 Å². The highest BCUT2D eigenvalue weighted by Gasteiger charge is 2.27. The Labute approximate surface area is 98.7 Å². The lowest BCUT2D eigenvalue weighted by Crippen LogP contribution is -2.44. The number of carboxylic acid groups (broad SMARTS) is 1. The molecule has 0 bridgehead atoms. The third-order valence-electron chi connectivity index (χ3n) is 2.73. The third kappa shape index (κ3) is 4.39. The van der Waals surface area contributed by atoms with Crippen molar-refractivity contribution in [2.45, 2.75) is 25.3 Å². The normalized spacial score (nSPS) is 20.8. The van der Waals surface area contributed by atoms with Crippen molar-refractivity contribution >= 4 is 17.8 Å². The Balaban J connectivity index is 2.44. The van der Waals surface area contributed by atoms with Crippen LogP contribution in [0, 0.1) is 5.92 Å². The zero-order valence-corrected chi connectivity index (χ0v) is 9.44. The number of carbonyl (C=O) groups excluding carboxylic acids is 2. The van der Waals surface area contributed by atoms with Gasteiger partial charge in [-0.1, -0.05) is 0 Å². The van der Waals surface area contributed by atoms with Crippen LogP contribution in [0.15, 0.2) is 0 Å². The Hall–Kier alpha value is -1.63. The van der Waals surface area contributed by atoms with Crippen molar-refractivity contribution < 1.29 is 19.5 Å². The summed E-state index contributed by atoms with van der Waals surface area (Å²) in [7, 11) is 0. The standard InChI is InChI=1S/C10H17N3O4/c11-8(14)2-1-7(10(16)17)13-9(15)6-3-4-12-5-6/h6-7,12H,1-5H2,(H2,11,14)(H,13,15)(H,16,17)/t6?,7-/m0/s1. The van der Waals surface area contributed by atoms with Crippen molar-refractivity contribution in [3.8, 4) is 0 Å². The van der Waals surface area contributed by atoms with E-state index < -0.39 is 17.9 Å². The van der Waals surface area contributed by atoms with Gasteiger partial charge in [-0.05, 0) is 19.4 Å². The van der Waals surface area contributed by atoms with Gasteiger partial charge in [0, 0.05) is 13.0 Å². The molecular formula is C10H17N3O4. The first-order valence-corrected chi connectivity index (χ1v) is 5.53. The molecule has 0 radical (unpaired) electrons. The number of nitrogens with two attached hydrogens (primary N) is 1. The number of amides is 2. The number of carbonyl (C=O) groups is 3. The summed E-state index contributed by atoms with van der Waals surface area (Å²) in [6, 6.07) is -1.05. The number of rotatable bonds is 6. The first-order chi connectivity index (χ1) is 8.00. The first-order valence-electron chi connectivity index (χ1n) is 5.53. The Bertz CT molecular complexity index is 313. The van der Waals surface area contributed by atoms with Crippen LogP contribution in [0.25, 0.3) is 0 Å². The molecule has 1 unspecified atom stereocenters. The van der Waals surface area contributed by atoms with Crippen LogP contribution in [0.1, 0.15) is 19.3 Å². The number of aliphatic carboxylic acids is 1. The Morgan fingerprint density at radius 1 is 1.47 bits per heavy atom. The van der Waals surface area contributed by atoms with Gasteiger partial charge >= 0.3 is 5.97 Å². The van der Waals surface area contributed by atoms with Crippen LogP contribution in [0.3, 0.4) is 0 Å². The van der Waals surface area contributed by atoms with Crippen LogP contribution < -0.4 is 16.4 Å². The number of carboxylic acids is 1. The topological polar surface area (TPSA) is 122 Å². The van der Waals surface area contributed by atoms with E-state index in [0.29, 0.717) is 13.0 Å². The molecule has 96 valence electrons. The van der Waals surface area contributed by atoms with Crippen LogP contribution >= 0.6 is 0 Å². The molecule has 1 rings (SSSR count). The van der Waals surface area contributed by atoms with Gasteiger partial charge in [0.15, 0.2) is 0 Å². The van der Waals surface area contributed by atoms with Crippen LogP contribution in [0.2, 0.25) is 0 Å². The molecule has 1 aliphatic rings. The van der Waals surface area contributed by atoms with Crippen molar-refractivity contribution in [1.82, 2.24) is 10.6 Å². The lowest BCUT2D eigenvalue weighted by atomic mass is 10.1. The second-order valence-electron chi connectivity index (χ2n) is 4.09. The molecule has 1 fully saturated rings. The van der Waals surface area contributed by atoms with Crippen molar-refractivity contribution in [3.05, 3.63) is 0 Å². The fraction of sp³-hybridized carbons (Fsp3) is 0.700. The fourth-order valence-corrected chi connectivity index (χ4v) is 1.71. The van der Waals surface area contributed by atoms with Crippen LogP contribution in [0.5, 0.6) is 0 Å². The summed E-state index contributed by atoms with van der Waals surface area (Å²) in [5.41, 5.74) is 4.94. The van der Waals surface area contributed by atoms with E-state index in [1.807, 2.05) is 0 Å². The minimum Gasteiger partial charge on any atom is -0.480 e. The SMILES string of the molecule is NC(=O)CC[C@H](NC(=O)C1CCNC1)C(=O)O. The minimum atomic E-state index is -1.15. The largest absolute Gasteiger partial charge is 0.480 e. The molecule has 5 N–H and O–H groups in total. The molecule has 1 aliphatic heterocycles. The highest BCUT2D eigenvalue weighted by molar-refractivity contribution is 5.85. The second-order valence-corrected chi connectivity index (χ2v) is 4.09. The molecule has 0 saturated carbocycles. The van der Waals surface area contributed by atoms with Gasteiger partial charge in [0.25, 0.3) is 0 Å². The zero-order chi connectivity index (χ0) is 12.8. The van der Waals surface area contributed by atoms with Crippen molar-refractivity contribution in [2.75, 3.05) is 13.1 Å². The van der Waals surface area contributed by atoms with Gasteiger partial charge in [-0.3, -0.25) is 9.59 Å². The fourth-order valence-electron chi connectivity index (χ4n) is 1.71. The first kappa shape index (κ1) is 13.4. The molecule has 2 atom stereocenters. The molecular weight excluding hydrogens is 226 g/mol. The van der Waals surface area contributed by atoms with Gasteiger partial charge in [-0.25, -0.2) is 4.79 Å². The summed E-state index contributed by atoms with van der Waals surface area (Å²) in [6.07, 6.45) is 0.671. The second kappa shape index (κ2) is 6.19. The third-order valence-corrected chi connectivity index (χ3v) is 2.73. The summed E-state index contributed by atoms with van der Waals surface area (Å²) in [5.74, 6) is -2.20. The molecule has 0 aromatic rings. The van der Waals surface area contributed by atoms with Gasteiger partial charge in [0.2, 0.25) is 11.8 Å². The number of nitrogens with one attached hydrogen (secondary N) is 2.